The van der Waals surface area contributed by atoms with Crippen LogP contribution in [0.15, 0.2) is 35.8 Å². The molecule has 0 bridgehead atoms. The molecule has 0 saturated carbocycles. The van der Waals surface area contributed by atoms with Gasteiger partial charge >= 0.3 is 0 Å². The van der Waals surface area contributed by atoms with Crippen molar-refractivity contribution in [3.8, 4) is 0 Å². The van der Waals surface area contributed by atoms with E-state index in [9.17, 15) is 4.79 Å². The monoisotopic (exact) mass is 301 g/mol. The van der Waals surface area contributed by atoms with Gasteiger partial charge in [0.2, 0.25) is 5.91 Å². The number of aromatic nitrogens is 1. The number of carbonyl (C=O) groups is 1. The Balaban J connectivity index is 1.53. The van der Waals surface area contributed by atoms with Gasteiger partial charge in [-0.05, 0) is 42.5 Å². The number of hydrogen-bond acceptors (Lipinski definition) is 4. The Bertz CT molecular complexity index is 611. The van der Waals surface area contributed by atoms with Gasteiger partial charge in [0.25, 0.3) is 0 Å². The van der Waals surface area contributed by atoms with Gasteiger partial charge in [-0.25, -0.2) is 0 Å². The van der Waals surface area contributed by atoms with Crippen LogP contribution in [0, 0.1) is 0 Å². The molecular formula is C16H19N3OS. The van der Waals surface area contributed by atoms with E-state index < -0.39 is 0 Å². The number of hydrogen-bond donors (Lipinski definition) is 1. The Hall–Kier alpha value is -1.72. The van der Waals surface area contributed by atoms with Crippen molar-refractivity contribution in [2.24, 2.45) is 0 Å². The Labute approximate surface area is 128 Å². The molecule has 0 radical (unpaired) electrons. The first-order valence-electron chi connectivity index (χ1n) is 7.21. The lowest BCUT2D eigenvalue weighted by atomic mass is 10.1. The lowest BCUT2D eigenvalue weighted by Gasteiger charge is -2.27. The number of carbonyl (C=O) groups excluding carboxylic acids is 1. The number of thiophene rings is 1. The van der Waals surface area contributed by atoms with E-state index in [1.54, 1.807) is 17.5 Å². The van der Waals surface area contributed by atoms with Crippen LogP contribution in [0.25, 0.3) is 0 Å². The number of rotatable bonds is 4. The first kappa shape index (κ1) is 14.2. The highest BCUT2D eigenvalue weighted by Crippen LogP contribution is 2.23. The average Bonchev–Trinajstić information content (AvgIpc) is 3.00. The summed E-state index contributed by atoms with van der Waals surface area (Å²) in [5, 5.41) is 5.37. The molecule has 4 nitrogen and oxygen atoms in total. The molecule has 5 heteroatoms. The standard InChI is InChI=1S/C16H19N3OS/c1-12(14-4-2-3-7-17-14)18-10-16(20)19-8-5-15-13(11-19)6-9-21-15/h2-4,6-7,9,12,18H,5,8,10-11H2,1H3/t12-/m0/s1. The molecule has 3 heterocycles. The fraction of sp³-hybridized carbons (Fsp3) is 0.375. The van der Waals surface area contributed by atoms with Crippen molar-refractivity contribution < 1.29 is 4.79 Å². The molecule has 1 N–H and O–H groups in total. The van der Waals surface area contributed by atoms with Crippen LogP contribution in [-0.2, 0) is 17.8 Å². The van der Waals surface area contributed by atoms with Crippen molar-refractivity contribution in [3.63, 3.8) is 0 Å². The molecule has 2 aromatic heterocycles. The van der Waals surface area contributed by atoms with Gasteiger partial charge in [-0.1, -0.05) is 6.07 Å². The third-order valence-corrected chi connectivity index (χ3v) is 4.87. The molecule has 0 saturated heterocycles. The maximum Gasteiger partial charge on any atom is 0.236 e. The summed E-state index contributed by atoms with van der Waals surface area (Å²) in [5.41, 5.74) is 2.27. The second-order valence-corrected chi connectivity index (χ2v) is 6.29. The highest BCUT2D eigenvalue weighted by atomic mass is 32.1. The van der Waals surface area contributed by atoms with Gasteiger partial charge in [0, 0.05) is 30.2 Å². The molecule has 0 fully saturated rings. The highest BCUT2D eigenvalue weighted by Gasteiger charge is 2.21. The molecule has 0 unspecified atom stereocenters. The molecule has 0 aromatic carbocycles. The summed E-state index contributed by atoms with van der Waals surface area (Å²) in [4.78, 5) is 20.0. The number of pyridine rings is 1. The van der Waals surface area contributed by atoms with Gasteiger partial charge in [-0.2, -0.15) is 0 Å². The molecule has 2 aromatic rings. The minimum atomic E-state index is 0.0802. The van der Waals surface area contributed by atoms with Gasteiger partial charge < -0.3 is 10.2 Å². The summed E-state index contributed by atoms with van der Waals surface area (Å²) in [6, 6.07) is 8.04. The van der Waals surface area contributed by atoms with Crippen LogP contribution in [0.4, 0.5) is 0 Å². The number of fused-ring (bicyclic) bond motifs is 1. The van der Waals surface area contributed by atoms with E-state index in [1.807, 2.05) is 30.0 Å². The molecule has 0 spiro atoms. The summed E-state index contributed by atoms with van der Waals surface area (Å²) in [7, 11) is 0. The molecule has 3 rings (SSSR count). The fourth-order valence-electron chi connectivity index (χ4n) is 2.55. The molecule has 0 aliphatic carbocycles. The van der Waals surface area contributed by atoms with Crippen molar-refractivity contribution in [2.75, 3.05) is 13.1 Å². The minimum absolute atomic E-state index is 0.0802. The van der Waals surface area contributed by atoms with Crippen molar-refractivity contribution in [1.82, 2.24) is 15.2 Å². The van der Waals surface area contributed by atoms with Crippen molar-refractivity contribution in [1.29, 1.82) is 0 Å². The third kappa shape index (κ3) is 3.31. The van der Waals surface area contributed by atoms with Gasteiger partial charge in [-0.15, -0.1) is 11.3 Å². The van der Waals surface area contributed by atoms with Gasteiger partial charge in [-0.3, -0.25) is 9.78 Å². The van der Waals surface area contributed by atoms with Gasteiger partial charge in [0.05, 0.1) is 12.2 Å². The van der Waals surface area contributed by atoms with E-state index in [0.717, 1.165) is 25.2 Å². The predicted octanol–water partition coefficient (Wildman–Crippen LogP) is 2.38. The van der Waals surface area contributed by atoms with Crippen LogP contribution < -0.4 is 5.32 Å². The third-order valence-electron chi connectivity index (χ3n) is 3.85. The summed E-state index contributed by atoms with van der Waals surface area (Å²) >= 11 is 1.79. The summed E-state index contributed by atoms with van der Waals surface area (Å²) in [5.74, 6) is 0.162. The number of nitrogens with one attached hydrogen (secondary N) is 1. The fourth-order valence-corrected chi connectivity index (χ4v) is 3.44. The summed E-state index contributed by atoms with van der Waals surface area (Å²) in [6.07, 6.45) is 2.76. The zero-order chi connectivity index (χ0) is 14.7. The van der Waals surface area contributed by atoms with E-state index in [-0.39, 0.29) is 11.9 Å². The van der Waals surface area contributed by atoms with E-state index in [1.165, 1.54) is 10.4 Å². The Morgan fingerprint density at radius 2 is 2.38 bits per heavy atom. The molecule has 1 aliphatic heterocycles. The maximum atomic E-state index is 12.3. The lowest BCUT2D eigenvalue weighted by molar-refractivity contribution is -0.131. The highest BCUT2D eigenvalue weighted by molar-refractivity contribution is 7.10. The van der Waals surface area contributed by atoms with Gasteiger partial charge in [0.15, 0.2) is 0 Å². The Morgan fingerprint density at radius 1 is 1.48 bits per heavy atom. The number of amides is 1. The quantitative estimate of drug-likeness (QED) is 0.943. The topological polar surface area (TPSA) is 45.2 Å². The SMILES string of the molecule is C[C@H](NCC(=O)N1CCc2sccc2C1)c1ccccn1. The van der Waals surface area contributed by atoms with Crippen LogP contribution >= 0.6 is 11.3 Å². The largest absolute Gasteiger partial charge is 0.337 e. The van der Waals surface area contributed by atoms with Crippen LogP contribution in [0.3, 0.4) is 0 Å². The van der Waals surface area contributed by atoms with Crippen molar-refractivity contribution in [2.45, 2.75) is 25.9 Å². The predicted molar refractivity (Wildman–Crippen MR) is 84.1 cm³/mol. The molecule has 1 atom stereocenters. The van der Waals surface area contributed by atoms with E-state index in [2.05, 4.69) is 21.7 Å². The van der Waals surface area contributed by atoms with E-state index in [4.69, 9.17) is 0 Å². The van der Waals surface area contributed by atoms with E-state index >= 15 is 0 Å². The smallest absolute Gasteiger partial charge is 0.236 e. The zero-order valence-electron chi connectivity index (χ0n) is 12.1. The minimum Gasteiger partial charge on any atom is -0.337 e. The van der Waals surface area contributed by atoms with Crippen LogP contribution in [0.2, 0.25) is 0 Å². The van der Waals surface area contributed by atoms with Gasteiger partial charge in [0.1, 0.15) is 0 Å². The first-order chi connectivity index (χ1) is 10.2. The Morgan fingerprint density at radius 3 is 3.19 bits per heavy atom. The lowest BCUT2D eigenvalue weighted by Crippen LogP contribution is -2.41. The van der Waals surface area contributed by atoms with Crippen molar-refractivity contribution >= 4 is 17.2 Å². The maximum absolute atomic E-state index is 12.3. The normalized spacial score (nSPS) is 15.6. The van der Waals surface area contributed by atoms with E-state index in [0.29, 0.717) is 6.54 Å². The number of nitrogens with zero attached hydrogens (tertiary/aromatic N) is 2. The van der Waals surface area contributed by atoms with Crippen LogP contribution in [0.1, 0.15) is 29.1 Å². The van der Waals surface area contributed by atoms with Crippen molar-refractivity contribution in [3.05, 3.63) is 52.0 Å². The first-order valence-corrected chi connectivity index (χ1v) is 8.09. The Kier molecular flexibility index (Phi) is 4.31. The summed E-state index contributed by atoms with van der Waals surface area (Å²) in [6.45, 7) is 3.96. The zero-order valence-corrected chi connectivity index (χ0v) is 12.9. The van der Waals surface area contributed by atoms with Crippen LogP contribution in [0.5, 0.6) is 0 Å². The molecule has 110 valence electrons. The summed E-state index contributed by atoms with van der Waals surface area (Å²) < 4.78 is 0. The second-order valence-electron chi connectivity index (χ2n) is 5.29. The molecular weight excluding hydrogens is 282 g/mol. The second kappa shape index (κ2) is 6.37. The average molecular weight is 301 g/mol. The van der Waals surface area contributed by atoms with Crippen LogP contribution in [-0.4, -0.2) is 28.9 Å². The molecule has 1 aliphatic rings. The molecule has 21 heavy (non-hydrogen) atoms. The molecule has 1 amide bonds.